The van der Waals surface area contributed by atoms with Crippen molar-refractivity contribution in [2.75, 3.05) is 5.75 Å². The van der Waals surface area contributed by atoms with Crippen LogP contribution in [0.2, 0.25) is 0 Å². The summed E-state index contributed by atoms with van der Waals surface area (Å²) in [4.78, 5) is 30.6. The zero-order valence-corrected chi connectivity index (χ0v) is 16.5. The molecule has 4 rings (SSSR count). The molecule has 1 amide bonds. The highest BCUT2D eigenvalue weighted by atomic mass is 32.2. The highest BCUT2D eigenvalue weighted by Gasteiger charge is 2.51. The number of thiazole rings is 1. The highest BCUT2D eigenvalue weighted by molar-refractivity contribution is 8.07. The van der Waals surface area contributed by atoms with Gasteiger partial charge >= 0.3 is 5.97 Å². The van der Waals surface area contributed by atoms with E-state index < -0.39 is 5.97 Å². The Morgan fingerprint density at radius 1 is 1.42 bits per heavy atom. The molecule has 0 spiro atoms. The second kappa shape index (κ2) is 6.71. The standard InChI is InChI=1S/C17H15N3O3S3/c1-9-14(21)20-13(16(22)23)12(8-24-15(9)20)26-17-18-11(7-25-17)10-3-5-19(2)6-4-10/h3-7,9,15H,8H2,1-2H3/p+1/t9-,15-/m1/s1. The molecule has 0 aliphatic carbocycles. The fraction of sp³-hybridized carbons (Fsp3) is 0.294. The molecule has 134 valence electrons. The third kappa shape index (κ3) is 2.93. The molecule has 0 unspecified atom stereocenters. The summed E-state index contributed by atoms with van der Waals surface area (Å²) in [6.45, 7) is 1.85. The van der Waals surface area contributed by atoms with Crippen molar-refractivity contribution in [1.29, 1.82) is 0 Å². The van der Waals surface area contributed by atoms with Gasteiger partial charge in [-0.15, -0.1) is 23.1 Å². The number of hydrogen-bond donors (Lipinski definition) is 1. The molecule has 0 bridgehead atoms. The number of fused-ring (bicyclic) bond motifs is 1. The van der Waals surface area contributed by atoms with Crippen LogP contribution in [0.5, 0.6) is 0 Å². The van der Waals surface area contributed by atoms with Crippen molar-refractivity contribution in [2.45, 2.75) is 16.6 Å². The maximum atomic E-state index is 12.1. The topological polar surface area (TPSA) is 74.4 Å². The van der Waals surface area contributed by atoms with Crippen molar-refractivity contribution in [1.82, 2.24) is 9.88 Å². The Labute approximate surface area is 162 Å². The number of hydrogen-bond acceptors (Lipinski definition) is 6. The van der Waals surface area contributed by atoms with Gasteiger partial charge in [0.25, 0.3) is 0 Å². The van der Waals surface area contributed by atoms with Crippen LogP contribution in [0, 0.1) is 5.92 Å². The second-order valence-electron chi connectivity index (χ2n) is 6.13. The van der Waals surface area contributed by atoms with E-state index in [0.717, 1.165) is 15.6 Å². The van der Waals surface area contributed by atoms with Crippen molar-refractivity contribution >= 4 is 46.7 Å². The lowest BCUT2D eigenvalue weighted by Gasteiger charge is -2.48. The van der Waals surface area contributed by atoms with Crippen LogP contribution in [-0.4, -0.2) is 38.0 Å². The van der Waals surface area contributed by atoms with Crippen LogP contribution in [0.4, 0.5) is 0 Å². The van der Waals surface area contributed by atoms with Gasteiger partial charge in [0.15, 0.2) is 16.7 Å². The van der Waals surface area contributed by atoms with Gasteiger partial charge in [0, 0.05) is 33.7 Å². The SMILES string of the molecule is C[C@@H]1C(=O)N2C(C(=O)O)=C(Sc3nc(-c4cc[n+](C)cc4)cs3)CS[C@H]12. The molecule has 6 nitrogen and oxygen atoms in total. The van der Waals surface area contributed by atoms with Crippen LogP contribution in [0.25, 0.3) is 11.3 Å². The first kappa shape index (κ1) is 17.6. The number of aliphatic carboxylic acids is 1. The van der Waals surface area contributed by atoms with Crippen molar-refractivity contribution in [3.63, 3.8) is 0 Å². The Morgan fingerprint density at radius 3 is 2.85 bits per heavy atom. The third-order valence-electron chi connectivity index (χ3n) is 4.37. The number of pyridine rings is 1. The summed E-state index contributed by atoms with van der Waals surface area (Å²) in [5.41, 5.74) is 2.00. The van der Waals surface area contributed by atoms with Gasteiger partial charge in [-0.1, -0.05) is 18.7 Å². The number of aryl methyl sites for hydroxylation is 1. The second-order valence-corrected chi connectivity index (χ2v) is 9.43. The average molecular weight is 407 g/mol. The molecular weight excluding hydrogens is 390 g/mol. The van der Waals surface area contributed by atoms with E-state index in [0.29, 0.717) is 10.7 Å². The number of aromatic nitrogens is 2. The number of rotatable bonds is 4. The monoisotopic (exact) mass is 406 g/mol. The van der Waals surface area contributed by atoms with Crippen LogP contribution in [-0.2, 0) is 16.6 Å². The Balaban J connectivity index is 1.61. The highest BCUT2D eigenvalue weighted by Crippen LogP contribution is 2.47. The lowest BCUT2D eigenvalue weighted by Crippen LogP contribution is -2.60. The summed E-state index contributed by atoms with van der Waals surface area (Å²) >= 11 is 4.45. The third-order valence-corrected chi connectivity index (χ3v) is 7.99. The first-order valence-corrected chi connectivity index (χ1v) is 10.7. The smallest absolute Gasteiger partial charge is 0.353 e. The van der Waals surface area contributed by atoms with Gasteiger partial charge in [-0.05, 0) is 0 Å². The Bertz CT molecular complexity index is 923. The van der Waals surface area contributed by atoms with E-state index in [-0.39, 0.29) is 22.9 Å². The molecule has 1 N–H and O–H groups in total. The summed E-state index contributed by atoms with van der Waals surface area (Å²) < 4.78 is 2.73. The molecule has 2 aromatic heterocycles. The lowest BCUT2D eigenvalue weighted by molar-refractivity contribution is -0.671. The Hall–Kier alpha value is -1.84. The van der Waals surface area contributed by atoms with E-state index >= 15 is 0 Å². The quantitative estimate of drug-likeness (QED) is 0.621. The van der Waals surface area contributed by atoms with Crippen LogP contribution < -0.4 is 4.57 Å². The summed E-state index contributed by atoms with van der Waals surface area (Å²) in [5.74, 6) is -0.701. The molecule has 0 aromatic carbocycles. The number of thioether (sulfide) groups is 2. The minimum absolute atomic E-state index is 0.0603. The van der Waals surface area contributed by atoms with Crippen molar-refractivity contribution < 1.29 is 19.3 Å². The molecule has 1 fully saturated rings. The zero-order valence-electron chi connectivity index (χ0n) is 14.1. The van der Waals surface area contributed by atoms with E-state index in [9.17, 15) is 14.7 Å². The molecule has 2 aromatic rings. The van der Waals surface area contributed by atoms with Crippen LogP contribution in [0.1, 0.15) is 6.92 Å². The first-order valence-electron chi connectivity index (χ1n) is 7.96. The van der Waals surface area contributed by atoms with Gasteiger partial charge in [-0.3, -0.25) is 9.69 Å². The fourth-order valence-corrected chi connectivity index (χ4v) is 6.43. The van der Waals surface area contributed by atoms with Gasteiger partial charge in [0.1, 0.15) is 12.7 Å². The molecule has 4 heterocycles. The minimum atomic E-state index is -1.05. The normalized spacial score (nSPS) is 22.2. The summed E-state index contributed by atoms with van der Waals surface area (Å²) in [7, 11) is 1.96. The number of nitrogens with zero attached hydrogens (tertiary/aromatic N) is 3. The Kier molecular flexibility index (Phi) is 4.54. The van der Waals surface area contributed by atoms with E-state index in [1.165, 1.54) is 28.0 Å². The molecular formula is C17H16N3O3S3+. The number of carboxylic acids is 1. The predicted octanol–water partition coefficient (Wildman–Crippen LogP) is 2.57. The van der Waals surface area contributed by atoms with Gasteiger partial charge < -0.3 is 5.11 Å². The molecule has 9 heteroatoms. The summed E-state index contributed by atoms with van der Waals surface area (Å²) in [6, 6.07) is 3.99. The van der Waals surface area contributed by atoms with Crippen LogP contribution >= 0.6 is 34.9 Å². The molecule has 0 saturated carbocycles. The number of carboxylic acid groups (broad SMARTS) is 1. The molecule has 2 aliphatic rings. The minimum Gasteiger partial charge on any atom is -0.477 e. The average Bonchev–Trinajstić information content (AvgIpc) is 3.09. The van der Waals surface area contributed by atoms with Crippen molar-refractivity contribution in [3.8, 4) is 11.3 Å². The lowest BCUT2D eigenvalue weighted by atomic mass is 9.99. The van der Waals surface area contributed by atoms with Gasteiger partial charge in [-0.25, -0.2) is 14.3 Å². The number of carbonyl (C=O) groups is 2. The van der Waals surface area contributed by atoms with E-state index in [2.05, 4.69) is 4.98 Å². The van der Waals surface area contributed by atoms with E-state index in [1.807, 2.05) is 48.4 Å². The predicted molar refractivity (Wildman–Crippen MR) is 102 cm³/mol. The fourth-order valence-electron chi connectivity index (χ4n) is 2.94. The van der Waals surface area contributed by atoms with Crippen molar-refractivity contribution in [3.05, 3.63) is 40.5 Å². The molecule has 26 heavy (non-hydrogen) atoms. The Morgan fingerprint density at radius 2 is 2.15 bits per heavy atom. The number of amides is 1. The molecule has 0 radical (unpaired) electrons. The maximum Gasteiger partial charge on any atom is 0.353 e. The zero-order chi connectivity index (χ0) is 18.4. The molecule has 1 saturated heterocycles. The van der Waals surface area contributed by atoms with Gasteiger partial charge in [0.2, 0.25) is 5.91 Å². The van der Waals surface area contributed by atoms with E-state index in [1.54, 1.807) is 11.8 Å². The number of carbonyl (C=O) groups excluding carboxylic acids is 1. The van der Waals surface area contributed by atoms with Crippen LogP contribution in [0.15, 0.2) is 44.8 Å². The van der Waals surface area contributed by atoms with E-state index in [4.69, 9.17) is 0 Å². The first-order chi connectivity index (χ1) is 12.5. The molecule has 2 atom stereocenters. The summed E-state index contributed by atoms with van der Waals surface area (Å²) in [5, 5.41) is 11.5. The number of β-lactam (4-membered cyclic amide) rings is 1. The van der Waals surface area contributed by atoms with Crippen molar-refractivity contribution in [2.24, 2.45) is 13.0 Å². The maximum absolute atomic E-state index is 12.1. The summed E-state index contributed by atoms with van der Waals surface area (Å²) in [6.07, 6.45) is 3.92. The van der Waals surface area contributed by atoms with Gasteiger partial charge in [-0.2, -0.15) is 0 Å². The van der Waals surface area contributed by atoms with Crippen LogP contribution in [0.3, 0.4) is 0 Å². The molecule has 2 aliphatic heterocycles. The largest absolute Gasteiger partial charge is 0.477 e. The van der Waals surface area contributed by atoms with Gasteiger partial charge in [0.05, 0.1) is 17.0 Å².